The normalized spacial score (nSPS) is 11.7. The van der Waals surface area contributed by atoms with E-state index < -0.39 is 26.7 Å². The average molecular weight is 447 g/mol. The quantitative estimate of drug-likeness (QED) is 0.276. The molecule has 4 aromatic rings. The molecule has 9 heteroatoms. The number of azo groups is 1. The van der Waals surface area contributed by atoms with Crippen molar-refractivity contribution < 1.29 is 22.9 Å². The van der Waals surface area contributed by atoms with Crippen molar-refractivity contribution in [1.29, 1.82) is 0 Å². The van der Waals surface area contributed by atoms with Gasteiger partial charge in [-0.05, 0) is 41.8 Å². The van der Waals surface area contributed by atoms with Gasteiger partial charge in [0, 0.05) is 11.6 Å². The number of anilines is 1. The van der Waals surface area contributed by atoms with E-state index in [0.29, 0.717) is 11.3 Å². The predicted octanol–water partition coefficient (Wildman–Crippen LogP) is 5.46. The second kappa shape index (κ2) is 8.58. The van der Waals surface area contributed by atoms with Crippen LogP contribution in [0.5, 0.6) is 5.75 Å². The first-order valence-electron chi connectivity index (χ1n) is 9.43. The number of aromatic hydroxyl groups is 1. The maximum absolute atomic E-state index is 12.7. The molecule has 0 aliphatic heterocycles. The standard InChI is InChI=1S/C23H17N3O5S/c27-20-14-18(32(29,30)31)13-16-11-12-19(24-23(28)15-7-3-1-4-8-15)22(21(16)20)26-25-17-9-5-2-6-10-17/h1-14,27H,(H,24,28)(H,29,30,31). The van der Waals surface area contributed by atoms with Crippen molar-refractivity contribution in [1.82, 2.24) is 0 Å². The number of rotatable bonds is 5. The van der Waals surface area contributed by atoms with E-state index in [9.17, 15) is 22.9 Å². The van der Waals surface area contributed by atoms with Gasteiger partial charge in [-0.2, -0.15) is 13.5 Å². The molecule has 0 unspecified atom stereocenters. The van der Waals surface area contributed by atoms with Gasteiger partial charge in [0.25, 0.3) is 16.0 Å². The maximum atomic E-state index is 12.7. The highest BCUT2D eigenvalue weighted by atomic mass is 32.2. The Morgan fingerprint density at radius 3 is 2.16 bits per heavy atom. The number of phenolic OH excluding ortho intramolecular Hbond substituents is 1. The van der Waals surface area contributed by atoms with Crippen LogP contribution >= 0.6 is 0 Å². The van der Waals surface area contributed by atoms with Crippen LogP contribution in [0.2, 0.25) is 0 Å². The zero-order chi connectivity index (χ0) is 22.7. The Balaban J connectivity index is 1.88. The molecule has 8 nitrogen and oxygen atoms in total. The van der Waals surface area contributed by atoms with Crippen LogP contribution in [0.1, 0.15) is 10.4 Å². The third-order valence-electron chi connectivity index (χ3n) is 4.65. The summed E-state index contributed by atoms with van der Waals surface area (Å²) in [5, 5.41) is 22.2. The SMILES string of the molecule is O=C(Nc1ccc2cc(S(=O)(=O)O)cc(O)c2c1N=Nc1ccccc1)c1ccccc1. The van der Waals surface area contributed by atoms with Crippen LogP contribution in [-0.4, -0.2) is 24.0 Å². The number of amides is 1. The second-order valence-electron chi connectivity index (χ2n) is 6.83. The number of carbonyl (C=O) groups is 1. The number of fused-ring (bicyclic) bond motifs is 1. The zero-order valence-corrected chi connectivity index (χ0v) is 17.3. The van der Waals surface area contributed by atoms with Crippen LogP contribution in [0, 0.1) is 0 Å². The molecule has 32 heavy (non-hydrogen) atoms. The fourth-order valence-electron chi connectivity index (χ4n) is 3.14. The van der Waals surface area contributed by atoms with Crippen molar-refractivity contribution in [2.75, 3.05) is 5.32 Å². The lowest BCUT2D eigenvalue weighted by molar-refractivity contribution is 0.102. The van der Waals surface area contributed by atoms with Gasteiger partial charge in [-0.15, -0.1) is 5.11 Å². The van der Waals surface area contributed by atoms with Gasteiger partial charge < -0.3 is 10.4 Å². The first-order chi connectivity index (χ1) is 15.3. The van der Waals surface area contributed by atoms with Crippen LogP contribution < -0.4 is 5.32 Å². The summed E-state index contributed by atoms with van der Waals surface area (Å²) >= 11 is 0. The van der Waals surface area contributed by atoms with E-state index in [-0.39, 0.29) is 22.1 Å². The van der Waals surface area contributed by atoms with Crippen molar-refractivity contribution >= 4 is 43.9 Å². The summed E-state index contributed by atoms with van der Waals surface area (Å²) in [6.07, 6.45) is 0. The molecule has 0 aliphatic carbocycles. The highest BCUT2D eigenvalue weighted by Crippen LogP contribution is 2.41. The topological polar surface area (TPSA) is 128 Å². The summed E-state index contributed by atoms with van der Waals surface area (Å²) in [6.45, 7) is 0. The summed E-state index contributed by atoms with van der Waals surface area (Å²) < 4.78 is 32.4. The molecule has 0 atom stereocenters. The Morgan fingerprint density at radius 2 is 1.50 bits per heavy atom. The summed E-state index contributed by atoms with van der Waals surface area (Å²) in [6, 6.07) is 22.6. The second-order valence-corrected chi connectivity index (χ2v) is 8.25. The van der Waals surface area contributed by atoms with Crippen molar-refractivity contribution in [2.24, 2.45) is 10.2 Å². The average Bonchev–Trinajstić information content (AvgIpc) is 2.79. The van der Waals surface area contributed by atoms with E-state index in [1.807, 2.05) is 6.07 Å². The molecule has 0 saturated carbocycles. The molecule has 160 valence electrons. The van der Waals surface area contributed by atoms with Crippen LogP contribution in [0.4, 0.5) is 17.1 Å². The minimum Gasteiger partial charge on any atom is -0.507 e. The van der Waals surface area contributed by atoms with Crippen LogP contribution in [0.15, 0.2) is 100 Å². The molecule has 0 aromatic heterocycles. The molecule has 0 aliphatic rings. The minimum atomic E-state index is -4.53. The van der Waals surface area contributed by atoms with E-state index in [0.717, 1.165) is 6.07 Å². The molecule has 0 spiro atoms. The summed E-state index contributed by atoms with van der Waals surface area (Å²) in [5.41, 5.74) is 1.36. The van der Waals surface area contributed by atoms with Gasteiger partial charge in [-0.25, -0.2) is 0 Å². The first kappa shape index (κ1) is 21.2. The Kier molecular flexibility index (Phi) is 5.67. The number of benzene rings is 4. The molecule has 0 saturated heterocycles. The molecule has 0 radical (unpaired) electrons. The van der Waals surface area contributed by atoms with Crippen molar-refractivity contribution in [3.8, 4) is 5.75 Å². The molecule has 0 bridgehead atoms. The van der Waals surface area contributed by atoms with Gasteiger partial charge in [0.2, 0.25) is 0 Å². The number of phenols is 1. The van der Waals surface area contributed by atoms with Crippen molar-refractivity contribution in [3.63, 3.8) is 0 Å². The highest BCUT2D eigenvalue weighted by Gasteiger charge is 2.19. The van der Waals surface area contributed by atoms with E-state index in [2.05, 4.69) is 15.5 Å². The molecule has 1 amide bonds. The summed E-state index contributed by atoms with van der Waals surface area (Å²) in [5.74, 6) is -0.830. The predicted molar refractivity (Wildman–Crippen MR) is 120 cm³/mol. The zero-order valence-electron chi connectivity index (χ0n) is 16.5. The molecule has 4 aromatic carbocycles. The Labute approximate surface area is 183 Å². The molecular weight excluding hydrogens is 430 g/mol. The highest BCUT2D eigenvalue weighted by molar-refractivity contribution is 7.85. The molecule has 4 rings (SSSR count). The Bertz CT molecular complexity index is 1440. The minimum absolute atomic E-state index is 0.134. The van der Waals surface area contributed by atoms with Crippen molar-refractivity contribution in [2.45, 2.75) is 4.90 Å². The van der Waals surface area contributed by atoms with E-state index >= 15 is 0 Å². The number of hydrogen-bond donors (Lipinski definition) is 3. The molecule has 3 N–H and O–H groups in total. The molecular formula is C23H17N3O5S. The number of nitrogens with one attached hydrogen (secondary N) is 1. The van der Waals surface area contributed by atoms with Crippen LogP contribution in [-0.2, 0) is 10.1 Å². The Hall–Kier alpha value is -4.08. The maximum Gasteiger partial charge on any atom is 0.294 e. The monoisotopic (exact) mass is 447 g/mol. The number of carbonyl (C=O) groups excluding carboxylic acids is 1. The molecule has 0 fully saturated rings. The van der Waals surface area contributed by atoms with Gasteiger partial charge in [-0.1, -0.05) is 42.5 Å². The summed E-state index contributed by atoms with van der Waals surface area (Å²) in [7, 11) is -4.53. The van der Waals surface area contributed by atoms with Crippen LogP contribution in [0.25, 0.3) is 10.8 Å². The van der Waals surface area contributed by atoms with Gasteiger partial charge >= 0.3 is 0 Å². The van der Waals surface area contributed by atoms with E-state index in [4.69, 9.17) is 0 Å². The summed E-state index contributed by atoms with van der Waals surface area (Å²) in [4.78, 5) is 12.2. The third kappa shape index (κ3) is 4.48. The van der Waals surface area contributed by atoms with E-state index in [1.54, 1.807) is 54.6 Å². The first-order valence-corrected chi connectivity index (χ1v) is 10.9. The van der Waals surface area contributed by atoms with E-state index in [1.165, 1.54) is 18.2 Å². The van der Waals surface area contributed by atoms with Gasteiger partial charge in [-0.3, -0.25) is 9.35 Å². The van der Waals surface area contributed by atoms with Gasteiger partial charge in [0.05, 0.1) is 21.7 Å². The smallest absolute Gasteiger partial charge is 0.294 e. The number of hydrogen-bond acceptors (Lipinski definition) is 6. The van der Waals surface area contributed by atoms with Crippen molar-refractivity contribution in [3.05, 3.63) is 90.5 Å². The van der Waals surface area contributed by atoms with Crippen LogP contribution in [0.3, 0.4) is 0 Å². The van der Waals surface area contributed by atoms with Gasteiger partial charge in [0.15, 0.2) is 0 Å². The fourth-order valence-corrected chi connectivity index (χ4v) is 3.67. The molecule has 0 heterocycles. The lowest BCUT2D eigenvalue weighted by Crippen LogP contribution is -2.11. The number of nitrogens with zero attached hydrogens (tertiary/aromatic N) is 2. The van der Waals surface area contributed by atoms with Gasteiger partial charge in [0.1, 0.15) is 11.4 Å². The lowest BCUT2D eigenvalue weighted by atomic mass is 10.1. The fraction of sp³-hybridized carbons (Fsp3) is 0. The Morgan fingerprint density at radius 1 is 0.844 bits per heavy atom. The third-order valence-corrected chi connectivity index (χ3v) is 5.48. The largest absolute Gasteiger partial charge is 0.507 e. The lowest BCUT2D eigenvalue weighted by Gasteiger charge is -2.12.